The summed E-state index contributed by atoms with van der Waals surface area (Å²) in [5.74, 6) is -1.00. The molecule has 0 fully saturated rings. The number of halogens is 1. The van der Waals surface area contributed by atoms with E-state index in [2.05, 4.69) is 15.9 Å². The number of hydrogen-bond donors (Lipinski definition) is 1. The molecule has 22 heavy (non-hydrogen) atoms. The van der Waals surface area contributed by atoms with Crippen LogP contribution in [0.15, 0.2) is 59.1 Å². The Balaban J connectivity index is 2.24. The summed E-state index contributed by atoms with van der Waals surface area (Å²) in [5, 5.41) is 8.70. The highest BCUT2D eigenvalue weighted by Gasteiger charge is 2.17. The molecule has 0 heterocycles. The molecule has 2 aromatic carbocycles. The van der Waals surface area contributed by atoms with E-state index in [1.165, 1.54) is 0 Å². The van der Waals surface area contributed by atoms with Crippen molar-refractivity contribution in [1.29, 1.82) is 0 Å². The van der Waals surface area contributed by atoms with Gasteiger partial charge in [0.1, 0.15) is 0 Å². The maximum Gasteiger partial charge on any atom is 0.303 e. The van der Waals surface area contributed by atoms with Gasteiger partial charge in [-0.1, -0.05) is 34.1 Å². The van der Waals surface area contributed by atoms with E-state index in [4.69, 9.17) is 5.11 Å². The Morgan fingerprint density at radius 3 is 2.09 bits per heavy atom. The van der Waals surface area contributed by atoms with Gasteiger partial charge in [0.15, 0.2) is 0 Å². The molecule has 0 saturated heterocycles. The second kappa shape index (κ2) is 7.75. The first-order valence-corrected chi connectivity index (χ1v) is 7.72. The van der Waals surface area contributed by atoms with Crippen LogP contribution in [0.3, 0.4) is 0 Å². The average Bonchev–Trinajstić information content (AvgIpc) is 2.50. The number of benzene rings is 2. The first-order valence-electron chi connectivity index (χ1n) is 6.93. The minimum absolute atomic E-state index is 0.00525. The van der Waals surface area contributed by atoms with Crippen LogP contribution in [0.2, 0.25) is 0 Å². The molecule has 0 atom stereocenters. The number of hydrogen-bond acceptors (Lipinski definition) is 2. The minimum Gasteiger partial charge on any atom is -0.481 e. The van der Waals surface area contributed by atoms with Gasteiger partial charge >= 0.3 is 5.97 Å². The van der Waals surface area contributed by atoms with Gasteiger partial charge in [0, 0.05) is 28.7 Å². The number of carbonyl (C=O) groups excluding carboxylic acids is 1. The fourth-order valence-electron chi connectivity index (χ4n) is 2.11. The van der Waals surface area contributed by atoms with Gasteiger partial charge in [-0.2, -0.15) is 0 Å². The second-order valence-corrected chi connectivity index (χ2v) is 5.70. The standard InChI is InChI=1S/C17H16BrNO3/c18-13-9-11-15(12-10-13)19(14-5-2-1-3-6-14)16(20)7-4-8-17(21)22/h1-3,5-6,9-12H,4,7-8H2,(H,21,22). The molecule has 2 rings (SSSR count). The maximum atomic E-state index is 12.5. The van der Waals surface area contributed by atoms with Crippen molar-refractivity contribution in [3.05, 3.63) is 59.1 Å². The van der Waals surface area contributed by atoms with E-state index in [1.807, 2.05) is 54.6 Å². The summed E-state index contributed by atoms with van der Waals surface area (Å²) < 4.78 is 0.933. The monoisotopic (exact) mass is 361 g/mol. The van der Waals surface area contributed by atoms with Crippen LogP contribution in [-0.2, 0) is 9.59 Å². The summed E-state index contributed by atoms with van der Waals surface area (Å²) in [4.78, 5) is 24.7. The van der Waals surface area contributed by atoms with Crippen molar-refractivity contribution in [2.75, 3.05) is 4.90 Å². The molecule has 0 aromatic heterocycles. The van der Waals surface area contributed by atoms with Crippen LogP contribution in [-0.4, -0.2) is 17.0 Å². The molecule has 0 saturated carbocycles. The number of aliphatic carboxylic acids is 1. The van der Waals surface area contributed by atoms with E-state index in [0.29, 0.717) is 6.42 Å². The number of anilines is 2. The lowest BCUT2D eigenvalue weighted by Gasteiger charge is -2.23. The second-order valence-electron chi connectivity index (χ2n) is 4.79. The van der Waals surface area contributed by atoms with Crippen LogP contribution in [0.4, 0.5) is 11.4 Å². The van der Waals surface area contributed by atoms with Gasteiger partial charge in [0.2, 0.25) is 5.91 Å². The molecule has 0 aliphatic heterocycles. The SMILES string of the molecule is O=C(O)CCCC(=O)N(c1ccccc1)c1ccc(Br)cc1. The molecule has 5 heteroatoms. The van der Waals surface area contributed by atoms with Crippen molar-refractivity contribution in [1.82, 2.24) is 0 Å². The summed E-state index contributed by atoms with van der Waals surface area (Å²) in [6, 6.07) is 16.8. The number of carboxylic acids is 1. The summed E-state index contributed by atoms with van der Waals surface area (Å²) in [6.45, 7) is 0. The third-order valence-electron chi connectivity index (χ3n) is 3.13. The predicted octanol–water partition coefficient (Wildman–Crippen LogP) is 4.37. The number of carbonyl (C=O) groups is 2. The molecule has 0 spiro atoms. The number of carboxylic acid groups (broad SMARTS) is 1. The fraction of sp³-hybridized carbons (Fsp3) is 0.176. The van der Waals surface area contributed by atoms with Crippen LogP contribution < -0.4 is 4.90 Å². The van der Waals surface area contributed by atoms with Crippen molar-refractivity contribution in [3.63, 3.8) is 0 Å². The lowest BCUT2D eigenvalue weighted by molar-refractivity contribution is -0.137. The highest BCUT2D eigenvalue weighted by Crippen LogP contribution is 2.27. The molecule has 4 nitrogen and oxygen atoms in total. The van der Waals surface area contributed by atoms with Gasteiger partial charge in [-0.25, -0.2) is 0 Å². The van der Waals surface area contributed by atoms with Gasteiger partial charge < -0.3 is 5.11 Å². The number of rotatable bonds is 6. The third kappa shape index (κ3) is 4.43. The topological polar surface area (TPSA) is 57.6 Å². The van der Waals surface area contributed by atoms with E-state index < -0.39 is 5.97 Å². The fourth-order valence-corrected chi connectivity index (χ4v) is 2.37. The van der Waals surface area contributed by atoms with E-state index in [9.17, 15) is 9.59 Å². The summed E-state index contributed by atoms with van der Waals surface area (Å²) in [7, 11) is 0. The molecule has 1 N–H and O–H groups in total. The Morgan fingerprint density at radius 1 is 0.909 bits per heavy atom. The van der Waals surface area contributed by atoms with Crippen LogP contribution >= 0.6 is 15.9 Å². The summed E-state index contributed by atoms with van der Waals surface area (Å²) >= 11 is 3.38. The lowest BCUT2D eigenvalue weighted by atomic mass is 10.1. The van der Waals surface area contributed by atoms with Crippen molar-refractivity contribution < 1.29 is 14.7 Å². The highest BCUT2D eigenvalue weighted by molar-refractivity contribution is 9.10. The van der Waals surface area contributed by atoms with Gasteiger partial charge in [0.25, 0.3) is 0 Å². The van der Waals surface area contributed by atoms with Crippen LogP contribution in [0.25, 0.3) is 0 Å². The molecule has 0 aliphatic rings. The van der Waals surface area contributed by atoms with Crippen LogP contribution in [0, 0.1) is 0 Å². The summed E-state index contributed by atoms with van der Waals surface area (Å²) in [6.07, 6.45) is 0.514. The van der Waals surface area contributed by atoms with Crippen molar-refractivity contribution in [2.24, 2.45) is 0 Å². The van der Waals surface area contributed by atoms with Crippen molar-refractivity contribution in [3.8, 4) is 0 Å². The molecule has 0 bridgehead atoms. The first-order chi connectivity index (χ1) is 10.6. The number of nitrogens with zero attached hydrogens (tertiary/aromatic N) is 1. The van der Waals surface area contributed by atoms with Gasteiger partial charge in [-0.05, 0) is 42.8 Å². The molecule has 114 valence electrons. The molecule has 0 radical (unpaired) electrons. The smallest absolute Gasteiger partial charge is 0.303 e. The molecule has 2 aromatic rings. The molecule has 0 unspecified atom stereocenters. The Hall–Kier alpha value is -2.14. The zero-order chi connectivity index (χ0) is 15.9. The zero-order valence-corrected chi connectivity index (χ0v) is 13.5. The van der Waals surface area contributed by atoms with Crippen molar-refractivity contribution in [2.45, 2.75) is 19.3 Å². The van der Waals surface area contributed by atoms with Crippen LogP contribution in [0.1, 0.15) is 19.3 Å². The van der Waals surface area contributed by atoms with Crippen LogP contribution in [0.5, 0.6) is 0 Å². The zero-order valence-electron chi connectivity index (χ0n) is 11.9. The minimum atomic E-state index is -0.886. The maximum absolute atomic E-state index is 12.5. The molecular weight excluding hydrogens is 346 g/mol. The van der Waals surface area contributed by atoms with Gasteiger partial charge in [-0.3, -0.25) is 14.5 Å². The Morgan fingerprint density at radius 2 is 1.50 bits per heavy atom. The molecule has 0 aliphatic carbocycles. The quantitative estimate of drug-likeness (QED) is 0.830. The molecular formula is C17H16BrNO3. The van der Waals surface area contributed by atoms with Gasteiger partial charge in [0.05, 0.1) is 0 Å². The average molecular weight is 362 g/mol. The molecule has 1 amide bonds. The Bertz CT molecular complexity index is 641. The lowest BCUT2D eigenvalue weighted by Crippen LogP contribution is -2.25. The van der Waals surface area contributed by atoms with Gasteiger partial charge in [-0.15, -0.1) is 0 Å². The largest absolute Gasteiger partial charge is 0.481 e. The number of para-hydroxylation sites is 1. The summed E-state index contributed by atoms with van der Waals surface area (Å²) in [5.41, 5.74) is 1.53. The van der Waals surface area contributed by atoms with Crippen molar-refractivity contribution >= 4 is 39.2 Å². The highest BCUT2D eigenvalue weighted by atomic mass is 79.9. The van der Waals surface area contributed by atoms with E-state index >= 15 is 0 Å². The Labute approximate surface area is 137 Å². The van der Waals surface area contributed by atoms with E-state index in [1.54, 1.807) is 4.90 Å². The first kappa shape index (κ1) is 16.2. The third-order valence-corrected chi connectivity index (χ3v) is 3.66. The predicted molar refractivity (Wildman–Crippen MR) is 89.2 cm³/mol. The Kier molecular flexibility index (Phi) is 5.72. The van der Waals surface area contributed by atoms with E-state index in [0.717, 1.165) is 15.8 Å². The number of amides is 1. The van der Waals surface area contributed by atoms with E-state index in [-0.39, 0.29) is 18.7 Å². The normalized spacial score (nSPS) is 10.2.